The third-order valence-electron chi connectivity index (χ3n) is 3.17. The second kappa shape index (κ2) is 7.76. The smallest absolute Gasteiger partial charge is 0.255 e. The molecule has 0 spiro atoms. The molecule has 2 N–H and O–H groups in total. The zero-order valence-corrected chi connectivity index (χ0v) is 14.0. The van der Waals surface area contributed by atoms with Gasteiger partial charge in [-0.25, -0.2) is 13.1 Å². The van der Waals surface area contributed by atoms with Gasteiger partial charge in [0, 0.05) is 23.9 Å². The summed E-state index contributed by atoms with van der Waals surface area (Å²) in [5, 5.41) is 2.73. The third-order valence-corrected chi connectivity index (χ3v) is 4.61. The van der Waals surface area contributed by atoms with Crippen LogP contribution >= 0.6 is 0 Å². The maximum Gasteiger partial charge on any atom is 0.255 e. The van der Waals surface area contributed by atoms with E-state index in [1.165, 1.54) is 30.3 Å². The first-order chi connectivity index (χ1) is 11.5. The molecule has 24 heavy (non-hydrogen) atoms. The molecule has 126 valence electrons. The molecular formula is C17H18N2O4S. The third kappa shape index (κ3) is 4.43. The maximum atomic E-state index is 12.2. The first-order valence-electron chi connectivity index (χ1n) is 7.12. The average molecular weight is 346 g/mol. The molecule has 0 saturated heterocycles. The van der Waals surface area contributed by atoms with Gasteiger partial charge >= 0.3 is 0 Å². The summed E-state index contributed by atoms with van der Waals surface area (Å²) in [6.45, 7) is 3.60. The van der Waals surface area contributed by atoms with Gasteiger partial charge in [-0.3, -0.25) is 4.79 Å². The second-order valence-electron chi connectivity index (χ2n) is 4.85. The Kier molecular flexibility index (Phi) is 5.73. The van der Waals surface area contributed by atoms with Crippen LogP contribution in [0, 0.1) is 0 Å². The van der Waals surface area contributed by atoms with Gasteiger partial charge in [-0.05, 0) is 36.4 Å². The van der Waals surface area contributed by atoms with Crippen LogP contribution in [0.4, 0.5) is 5.69 Å². The molecule has 0 bridgehead atoms. The van der Waals surface area contributed by atoms with Crippen molar-refractivity contribution in [3.63, 3.8) is 0 Å². The monoisotopic (exact) mass is 346 g/mol. The van der Waals surface area contributed by atoms with E-state index in [1.54, 1.807) is 31.4 Å². The molecule has 2 aromatic rings. The highest BCUT2D eigenvalue weighted by molar-refractivity contribution is 7.89. The van der Waals surface area contributed by atoms with Crippen LogP contribution in [0.1, 0.15) is 10.4 Å². The standard InChI is InChI=1S/C17H18N2O4S/c1-3-11-18-24(21,22)16-9-7-13(8-10-16)17(20)19-14-5-4-6-15(12-14)23-2/h3-10,12,18H,1,11H2,2H3,(H,19,20). The highest BCUT2D eigenvalue weighted by Gasteiger charge is 2.14. The van der Waals surface area contributed by atoms with Gasteiger partial charge in [-0.1, -0.05) is 12.1 Å². The lowest BCUT2D eigenvalue weighted by atomic mass is 10.2. The molecule has 0 aliphatic heterocycles. The Morgan fingerprint density at radius 1 is 1.21 bits per heavy atom. The summed E-state index contributed by atoms with van der Waals surface area (Å²) in [5.74, 6) is 0.286. The molecule has 0 heterocycles. The molecule has 0 aliphatic carbocycles. The van der Waals surface area contributed by atoms with Gasteiger partial charge in [0.1, 0.15) is 5.75 Å². The molecule has 2 rings (SSSR count). The van der Waals surface area contributed by atoms with Crippen LogP contribution < -0.4 is 14.8 Å². The van der Waals surface area contributed by atoms with Crippen LogP contribution in [-0.2, 0) is 10.0 Å². The summed E-state index contributed by atoms with van der Waals surface area (Å²) >= 11 is 0. The molecule has 0 atom stereocenters. The largest absolute Gasteiger partial charge is 0.497 e. The van der Waals surface area contributed by atoms with Gasteiger partial charge in [0.05, 0.1) is 12.0 Å². The second-order valence-corrected chi connectivity index (χ2v) is 6.62. The topological polar surface area (TPSA) is 84.5 Å². The average Bonchev–Trinajstić information content (AvgIpc) is 2.60. The van der Waals surface area contributed by atoms with Crippen LogP contribution in [0.3, 0.4) is 0 Å². The lowest BCUT2D eigenvalue weighted by Crippen LogP contribution is -2.23. The molecule has 6 nitrogen and oxygen atoms in total. The molecule has 0 fully saturated rings. The van der Waals surface area contributed by atoms with Crippen molar-refractivity contribution < 1.29 is 17.9 Å². The number of hydrogen-bond donors (Lipinski definition) is 2. The summed E-state index contributed by atoms with van der Waals surface area (Å²) < 4.78 is 31.4. The SMILES string of the molecule is C=CCNS(=O)(=O)c1ccc(C(=O)Nc2cccc(OC)c2)cc1. The zero-order valence-electron chi connectivity index (χ0n) is 13.2. The lowest BCUT2D eigenvalue weighted by Gasteiger charge is -2.08. The normalized spacial score (nSPS) is 10.9. The van der Waals surface area contributed by atoms with Crippen LogP contribution in [0.5, 0.6) is 5.75 Å². The fourth-order valence-electron chi connectivity index (χ4n) is 1.94. The Morgan fingerprint density at radius 3 is 2.54 bits per heavy atom. The van der Waals surface area contributed by atoms with Crippen molar-refractivity contribution in [2.45, 2.75) is 4.90 Å². The number of benzene rings is 2. The minimum atomic E-state index is -3.60. The molecule has 1 amide bonds. The Balaban J connectivity index is 2.12. The minimum absolute atomic E-state index is 0.0854. The zero-order chi connectivity index (χ0) is 17.6. The summed E-state index contributed by atoms with van der Waals surface area (Å²) in [6.07, 6.45) is 1.45. The Hall–Kier alpha value is -2.64. The van der Waals surface area contributed by atoms with Gasteiger partial charge in [-0.15, -0.1) is 6.58 Å². The van der Waals surface area contributed by atoms with E-state index < -0.39 is 10.0 Å². The molecule has 2 aromatic carbocycles. The summed E-state index contributed by atoms with van der Waals surface area (Å²) in [7, 11) is -2.06. The van der Waals surface area contributed by atoms with Crippen molar-refractivity contribution in [2.75, 3.05) is 19.0 Å². The van der Waals surface area contributed by atoms with Crippen molar-refractivity contribution in [3.8, 4) is 5.75 Å². The number of ether oxygens (including phenoxy) is 1. The Labute approximate surface area is 141 Å². The number of anilines is 1. The van der Waals surface area contributed by atoms with E-state index in [1.807, 2.05) is 0 Å². The molecule has 0 radical (unpaired) electrons. The quantitative estimate of drug-likeness (QED) is 0.754. The first-order valence-corrected chi connectivity index (χ1v) is 8.60. The van der Waals surface area contributed by atoms with Crippen LogP contribution in [0.2, 0.25) is 0 Å². The number of sulfonamides is 1. The number of carbonyl (C=O) groups is 1. The number of rotatable bonds is 7. The van der Waals surface area contributed by atoms with E-state index in [9.17, 15) is 13.2 Å². The van der Waals surface area contributed by atoms with Crippen molar-refractivity contribution in [1.82, 2.24) is 4.72 Å². The number of methoxy groups -OCH3 is 1. The van der Waals surface area contributed by atoms with Gasteiger partial charge in [0.25, 0.3) is 5.91 Å². The van der Waals surface area contributed by atoms with Gasteiger partial charge in [0.15, 0.2) is 0 Å². The van der Waals surface area contributed by atoms with Crippen molar-refractivity contribution >= 4 is 21.6 Å². The van der Waals surface area contributed by atoms with Crippen LogP contribution in [-0.4, -0.2) is 28.0 Å². The van der Waals surface area contributed by atoms with Crippen LogP contribution in [0.15, 0.2) is 66.1 Å². The summed E-state index contributed by atoms with van der Waals surface area (Å²) in [6, 6.07) is 12.6. The van der Waals surface area contributed by atoms with Gasteiger partial charge in [0.2, 0.25) is 10.0 Å². The van der Waals surface area contributed by atoms with Crippen molar-refractivity contribution in [2.24, 2.45) is 0 Å². The van der Waals surface area contributed by atoms with Gasteiger partial charge < -0.3 is 10.1 Å². The van der Waals surface area contributed by atoms with Crippen LogP contribution in [0.25, 0.3) is 0 Å². The summed E-state index contributed by atoms with van der Waals surface area (Å²) in [5.41, 5.74) is 0.934. The predicted molar refractivity (Wildman–Crippen MR) is 92.8 cm³/mol. The summed E-state index contributed by atoms with van der Waals surface area (Å²) in [4.78, 5) is 12.3. The Bertz CT molecular complexity index is 830. The number of hydrogen-bond acceptors (Lipinski definition) is 4. The lowest BCUT2D eigenvalue weighted by molar-refractivity contribution is 0.102. The van der Waals surface area contributed by atoms with Crippen molar-refractivity contribution in [3.05, 3.63) is 66.7 Å². The van der Waals surface area contributed by atoms with E-state index in [0.717, 1.165) is 0 Å². The predicted octanol–water partition coefficient (Wildman–Crippen LogP) is 2.41. The van der Waals surface area contributed by atoms with Crippen molar-refractivity contribution in [1.29, 1.82) is 0 Å². The van der Waals surface area contributed by atoms with E-state index in [-0.39, 0.29) is 17.3 Å². The highest BCUT2D eigenvalue weighted by atomic mass is 32.2. The molecule has 0 saturated carbocycles. The number of nitrogens with one attached hydrogen (secondary N) is 2. The van der Waals surface area contributed by atoms with Gasteiger partial charge in [-0.2, -0.15) is 0 Å². The first kappa shape index (κ1) is 17.7. The van der Waals surface area contributed by atoms with E-state index >= 15 is 0 Å². The minimum Gasteiger partial charge on any atom is -0.497 e. The molecule has 7 heteroatoms. The van der Waals surface area contributed by atoms with E-state index in [0.29, 0.717) is 17.0 Å². The number of amides is 1. The maximum absolute atomic E-state index is 12.2. The fraction of sp³-hybridized carbons (Fsp3) is 0.118. The highest BCUT2D eigenvalue weighted by Crippen LogP contribution is 2.18. The molecule has 0 aromatic heterocycles. The molecular weight excluding hydrogens is 328 g/mol. The Morgan fingerprint density at radius 2 is 1.92 bits per heavy atom. The molecule has 0 unspecified atom stereocenters. The number of carbonyl (C=O) groups excluding carboxylic acids is 1. The van der Waals surface area contributed by atoms with E-state index in [2.05, 4.69) is 16.6 Å². The molecule has 0 aliphatic rings. The fourth-order valence-corrected chi connectivity index (χ4v) is 2.94. The van der Waals surface area contributed by atoms with E-state index in [4.69, 9.17) is 4.74 Å².